The normalized spacial score (nSPS) is 10.9. The first-order valence-electron chi connectivity index (χ1n) is 6.62. The zero-order valence-electron chi connectivity index (χ0n) is 11.5. The molecule has 106 valence electrons. The maximum atomic E-state index is 12.0. The van der Waals surface area contributed by atoms with Gasteiger partial charge in [0.25, 0.3) is 0 Å². The van der Waals surface area contributed by atoms with E-state index in [1.54, 1.807) is 18.2 Å². The summed E-state index contributed by atoms with van der Waals surface area (Å²) in [6.07, 6.45) is 1.58. The number of hydrogen-bond acceptors (Lipinski definition) is 3. The van der Waals surface area contributed by atoms with Gasteiger partial charge in [0.15, 0.2) is 0 Å². The predicted octanol–water partition coefficient (Wildman–Crippen LogP) is 3.51. The molecule has 0 bridgehead atoms. The van der Waals surface area contributed by atoms with Crippen molar-refractivity contribution in [3.63, 3.8) is 0 Å². The van der Waals surface area contributed by atoms with Gasteiger partial charge in [-0.2, -0.15) is 0 Å². The van der Waals surface area contributed by atoms with Crippen LogP contribution in [0.1, 0.15) is 37.2 Å². The zero-order valence-corrected chi connectivity index (χ0v) is 11.5. The van der Waals surface area contributed by atoms with Gasteiger partial charge >= 0.3 is 5.97 Å². The lowest BCUT2D eigenvalue weighted by Crippen LogP contribution is -2.21. The van der Waals surface area contributed by atoms with Gasteiger partial charge in [0.1, 0.15) is 5.58 Å². The summed E-state index contributed by atoms with van der Waals surface area (Å²) < 4.78 is 5.17. The van der Waals surface area contributed by atoms with Crippen LogP contribution in [0, 0.1) is 5.92 Å². The van der Waals surface area contributed by atoms with Gasteiger partial charge in [0.2, 0.25) is 11.7 Å². The SMILES string of the molecule is CCC(CC)C(=O)Nc1ccc2oc(C(=O)O)cc2c1. The van der Waals surface area contributed by atoms with E-state index in [0.717, 1.165) is 12.8 Å². The Hall–Kier alpha value is -2.30. The molecule has 0 fully saturated rings. The van der Waals surface area contributed by atoms with Crippen molar-refractivity contribution in [2.75, 3.05) is 5.32 Å². The second-order valence-corrected chi connectivity index (χ2v) is 4.67. The van der Waals surface area contributed by atoms with Gasteiger partial charge in [0.05, 0.1) is 0 Å². The second-order valence-electron chi connectivity index (χ2n) is 4.67. The standard InChI is InChI=1S/C15H17NO4/c1-3-9(4-2)14(17)16-11-5-6-12-10(7-11)8-13(20-12)15(18)19/h5-9H,3-4H2,1-2H3,(H,16,17)(H,18,19). The number of aromatic carboxylic acids is 1. The molecular weight excluding hydrogens is 258 g/mol. The van der Waals surface area contributed by atoms with Crippen molar-refractivity contribution in [1.29, 1.82) is 0 Å². The number of rotatable bonds is 5. The molecule has 0 aliphatic carbocycles. The topological polar surface area (TPSA) is 79.5 Å². The first kappa shape index (κ1) is 14.1. The number of furan rings is 1. The first-order chi connectivity index (χ1) is 9.55. The fourth-order valence-electron chi connectivity index (χ4n) is 2.13. The largest absolute Gasteiger partial charge is 0.475 e. The number of fused-ring (bicyclic) bond motifs is 1. The van der Waals surface area contributed by atoms with E-state index in [4.69, 9.17) is 9.52 Å². The highest BCUT2D eigenvalue weighted by Crippen LogP contribution is 2.24. The van der Waals surface area contributed by atoms with E-state index in [2.05, 4.69) is 5.32 Å². The second kappa shape index (κ2) is 5.77. The Morgan fingerprint density at radius 2 is 1.95 bits per heavy atom. The molecule has 2 N–H and O–H groups in total. The molecule has 0 spiro atoms. The van der Waals surface area contributed by atoms with Crippen LogP contribution in [0.15, 0.2) is 28.7 Å². The third kappa shape index (κ3) is 2.82. The van der Waals surface area contributed by atoms with Gasteiger partial charge in [-0.05, 0) is 37.1 Å². The van der Waals surface area contributed by atoms with E-state index in [1.165, 1.54) is 6.07 Å². The number of carboxylic acids is 1. The van der Waals surface area contributed by atoms with Crippen LogP contribution >= 0.6 is 0 Å². The van der Waals surface area contributed by atoms with Crippen LogP contribution < -0.4 is 5.32 Å². The zero-order chi connectivity index (χ0) is 14.7. The number of carbonyl (C=O) groups is 2. The summed E-state index contributed by atoms with van der Waals surface area (Å²) >= 11 is 0. The van der Waals surface area contributed by atoms with Crippen LogP contribution in [0.3, 0.4) is 0 Å². The summed E-state index contributed by atoms with van der Waals surface area (Å²) in [5, 5.41) is 12.4. The van der Waals surface area contributed by atoms with Crippen molar-refractivity contribution in [2.24, 2.45) is 5.92 Å². The smallest absolute Gasteiger partial charge is 0.371 e. The number of carboxylic acid groups (broad SMARTS) is 1. The maximum Gasteiger partial charge on any atom is 0.371 e. The third-order valence-electron chi connectivity index (χ3n) is 3.35. The van der Waals surface area contributed by atoms with Crippen molar-refractivity contribution in [3.8, 4) is 0 Å². The predicted molar refractivity (Wildman–Crippen MR) is 75.9 cm³/mol. The number of hydrogen-bond donors (Lipinski definition) is 2. The van der Waals surface area contributed by atoms with Gasteiger partial charge in [0, 0.05) is 17.0 Å². The molecule has 0 radical (unpaired) electrons. The van der Waals surface area contributed by atoms with E-state index in [-0.39, 0.29) is 17.6 Å². The van der Waals surface area contributed by atoms with Crippen molar-refractivity contribution in [3.05, 3.63) is 30.0 Å². The van der Waals surface area contributed by atoms with Crippen LogP contribution in [0.25, 0.3) is 11.0 Å². The minimum Gasteiger partial charge on any atom is -0.475 e. The van der Waals surface area contributed by atoms with E-state index in [1.807, 2.05) is 13.8 Å². The number of nitrogens with one attached hydrogen (secondary N) is 1. The van der Waals surface area contributed by atoms with E-state index < -0.39 is 5.97 Å². The molecule has 0 aliphatic heterocycles. The number of amides is 1. The molecular formula is C15H17NO4. The van der Waals surface area contributed by atoms with Gasteiger partial charge < -0.3 is 14.8 Å². The fraction of sp³-hybridized carbons (Fsp3) is 0.333. The fourth-order valence-corrected chi connectivity index (χ4v) is 2.13. The quantitative estimate of drug-likeness (QED) is 0.875. The number of benzene rings is 1. The lowest BCUT2D eigenvalue weighted by molar-refractivity contribution is -0.120. The molecule has 0 atom stereocenters. The van der Waals surface area contributed by atoms with E-state index in [0.29, 0.717) is 16.7 Å². The van der Waals surface area contributed by atoms with E-state index >= 15 is 0 Å². The Balaban J connectivity index is 2.23. The van der Waals surface area contributed by atoms with Gasteiger partial charge in [-0.15, -0.1) is 0 Å². The number of carbonyl (C=O) groups excluding carboxylic acids is 1. The lowest BCUT2D eigenvalue weighted by atomic mass is 10.0. The highest BCUT2D eigenvalue weighted by Gasteiger charge is 2.15. The molecule has 0 aliphatic rings. The summed E-state index contributed by atoms with van der Waals surface area (Å²) in [4.78, 5) is 22.8. The highest BCUT2D eigenvalue weighted by molar-refractivity contribution is 5.96. The molecule has 5 nitrogen and oxygen atoms in total. The molecule has 0 saturated heterocycles. The van der Waals surface area contributed by atoms with Crippen molar-refractivity contribution in [2.45, 2.75) is 26.7 Å². The Morgan fingerprint density at radius 1 is 1.25 bits per heavy atom. The van der Waals surface area contributed by atoms with Crippen molar-refractivity contribution < 1.29 is 19.1 Å². The first-order valence-corrected chi connectivity index (χ1v) is 6.62. The van der Waals surface area contributed by atoms with Crippen LogP contribution in [0.5, 0.6) is 0 Å². The Morgan fingerprint density at radius 3 is 2.55 bits per heavy atom. The average Bonchev–Trinajstić information content (AvgIpc) is 2.83. The van der Waals surface area contributed by atoms with Crippen LogP contribution in [0.2, 0.25) is 0 Å². The van der Waals surface area contributed by atoms with Crippen molar-refractivity contribution in [1.82, 2.24) is 0 Å². The maximum absolute atomic E-state index is 12.0. The van der Waals surface area contributed by atoms with E-state index in [9.17, 15) is 9.59 Å². The Kier molecular flexibility index (Phi) is 4.08. The summed E-state index contributed by atoms with van der Waals surface area (Å²) in [6.45, 7) is 3.96. The van der Waals surface area contributed by atoms with Gasteiger partial charge in [-0.3, -0.25) is 4.79 Å². The third-order valence-corrected chi connectivity index (χ3v) is 3.35. The molecule has 0 unspecified atom stereocenters. The highest BCUT2D eigenvalue weighted by atomic mass is 16.4. The molecule has 1 heterocycles. The Labute approximate surface area is 116 Å². The molecule has 1 aromatic heterocycles. The molecule has 1 amide bonds. The summed E-state index contributed by atoms with van der Waals surface area (Å²) in [5.41, 5.74) is 1.13. The summed E-state index contributed by atoms with van der Waals surface area (Å²) in [7, 11) is 0. The molecule has 2 aromatic rings. The van der Waals surface area contributed by atoms with Crippen molar-refractivity contribution >= 4 is 28.5 Å². The van der Waals surface area contributed by atoms with Gasteiger partial charge in [-0.25, -0.2) is 4.79 Å². The monoisotopic (exact) mass is 275 g/mol. The van der Waals surface area contributed by atoms with Crippen LogP contribution in [-0.4, -0.2) is 17.0 Å². The molecule has 2 rings (SSSR count). The van der Waals surface area contributed by atoms with Crippen LogP contribution in [-0.2, 0) is 4.79 Å². The Bertz CT molecular complexity index is 640. The minimum atomic E-state index is -1.11. The average molecular weight is 275 g/mol. The minimum absolute atomic E-state index is 0.00960. The summed E-state index contributed by atoms with van der Waals surface area (Å²) in [6, 6.07) is 6.53. The molecule has 1 aromatic carbocycles. The summed E-state index contributed by atoms with van der Waals surface area (Å²) in [5.74, 6) is -1.24. The molecule has 5 heteroatoms. The molecule has 20 heavy (non-hydrogen) atoms. The molecule has 0 saturated carbocycles. The number of anilines is 1. The van der Waals surface area contributed by atoms with Crippen LogP contribution in [0.4, 0.5) is 5.69 Å². The van der Waals surface area contributed by atoms with Gasteiger partial charge in [-0.1, -0.05) is 13.8 Å². The lowest BCUT2D eigenvalue weighted by Gasteiger charge is -2.12.